The second kappa shape index (κ2) is 5.80. The standard InChI is InChI=1S/C11H15NO3/c1-5-10(11(14)15)7-8(3)12(6-2)9(4)13/h5,7H,1,3,6H2,2,4H3,(H,14,15)/b10-7+. The van der Waals surface area contributed by atoms with Crippen molar-refractivity contribution in [1.29, 1.82) is 0 Å². The van der Waals surface area contributed by atoms with Crippen molar-refractivity contribution in [2.75, 3.05) is 6.54 Å². The Bertz CT molecular complexity index is 329. The minimum absolute atomic E-state index is 0.0136. The highest BCUT2D eigenvalue weighted by molar-refractivity contribution is 5.90. The van der Waals surface area contributed by atoms with Crippen molar-refractivity contribution in [3.8, 4) is 0 Å². The van der Waals surface area contributed by atoms with E-state index < -0.39 is 5.97 Å². The molecule has 1 amide bonds. The van der Waals surface area contributed by atoms with Gasteiger partial charge >= 0.3 is 5.97 Å². The summed E-state index contributed by atoms with van der Waals surface area (Å²) in [4.78, 5) is 23.2. The molecule has 0 heterocycles. The van der Waals surface area contributed by atoms with Crippen LogP contribution in [0.2, 0.25) is 0 Å². The molecular formula is C11H15NO3. The highest BCUT2D eigenvalue weighted by Gasteiger charge is 2.10. The van der Waals surface area contributed by atoms with Crippen LogP contribution in [0.4, 0.5) is 0 Å². The molecule has 0 rings (SSSR count). The molecular weight excluding hydrogens is 194 g/mol. The van der Waals surface area contributed by atoms with E-state index in [9.17, 15) is 9.59 Å². The highest BCUT2D eigenvalue weighted by Crippen LogP contribution is 2.08. The number of carbonyl (C=O) groups is 2. The number of likely N-dealkylation sites (N-methyl/N-ethyl adjacent to an activating group) is 1. The van der Waals surface area contributed by atoms with Gasteiger partial charge < -0.3 is 10.0 Å². The molecule has 0 atom stereocenters. The van der Waals surface area contributed by atoms with Gasteiger partial charge in [-0.25, -0.2) is 4.79 Å². The molecule has 0 aliphatic rings. The number of carboxylic acid groups (broad SMARTS) is 1. The summed E-state index contributed by atoms with van der Waals surface area (Å²) in [6.45, 7) is 10.6. The number of nitrogens with zero attached hydrogens (tertiary/aromatic N) is 1. The van der Waals surface area contributed by atoms with Gasteiger partial charge in [-0.1, -0.05) is 19.2 Å². The molecule has 0 bridgehead atoms. The Kier molecular flexibility index (Phi) is 5.09. The van der Waals surface area contributed by atoms with Crippen molar-refractivity contribution >= 4 is 11.9 Å². The molecule has 0 aromatic carbocycles. The van der Waals surface area contributed by atoms with Gasteiger partial charge in [0.15, 0.2) is 0 Å². The van der Waals surface area contributed by atoms with Crippen LogP contribution in [-0.4, -0.2) is 28.4 Å². The first-order chi connectivity index (χ1) is 6.93. The lowest BCUT2D eigenvalue weighted by Crippen LogP contribution is -2.26. The van der Waals surface area contributed by atoms with Crippen molar-refractivity contribution in [2.45, 2.75) is 13.8 Å². The zero-order valence-electron chi connectivity index (χ0n) is 8.99. The van der Waals surface area contributed by atoms with Gasteiger partial charge in [0.2, 0.25) is 5.91 Å². The third-order valence-electron chi connectivity index (χ3n) is 1.83. The maximum Gasteiger partial charge on any atom is 0.335 e. The number of rotatable bonds is 5. The van der Waals surface area contributed by atoms with Gasteiger partial charge in [-0.15, -0.1) is 0 Å². The number of aliphatic carboxylic acids is 1. The Morgan fingerprint density at radius 2 is 2.00 bits per heavy atom. The van der Waals surface area contributed by atoms with Crippen LogP contribution in [0.3, 0.4) is 0 Å². The van der Waals surface area contributed by atoms with E-state index >= 15 is 0 Å². The number of amides is 1. The zero-order chi connectivity index (χ0) is 12.0. The predicted molar refractivity (Wildman–Crippen MR) is 58.1 cm³/mol. The van der Waals surface area contributed by atoms with Gasteiger partial charge in [0.05, 0.1) is 5.57 Å². The Morgan fingerprint density at radius 3 is 2.27 bits per heavy atom. The number of hydrogen-bond donors (Lipinski definition) is 1. The van der Waals surface area contributed by atoms with Gasteiger partial charge in [-0.2, -0.15) is 0 Å². The molecule has 82 valence electrons. The summed E-state index contributed by atoms with van der Waals surface area (Å²) in [6.07, 6.45) is 2.53. The molecule has 0 fully saturated rings. The molecule has 0 aromatic rings. The summed E-state index contributed by atoms with van der Waals surface area (Å²) < 4.78 is 0. The van der Waals surface area contributed by atoms with Crippen LogP contribution in [-0.2, 0) is 9.59 Å². The third-order valence-corrected chi connectivity index (χ3v) is 1.83. The fraction of sp³-hybridized carbons (Fsp3) is 0.273. The maximum absolute atomic E-state index is 11.1. The molecule has 1 N–H and O–H groups in total. The molecule has 15 heavy (non-hydrogen) atoms. The van der Waals surface area contributed by atoms with Gasteiger partial charge in [0.25, 0.3) is 0 Å². The minimum Gasteiger partial charge on any atom is -0.478 e. The van der Waals surface area contributed by atoms with Crippen molar-refractivity contribution in [1.82, 2.24) is 4.90 Å². The number of allylic oxidation sites excluding steroid dienone is 1. The molecule has 0 aliphatic heterocycles. The molecule has 0 radical (unpaired) electrons. The van der Waals surface area contributed by atoms with E-state index in [4.69, 9.17) is 5.11 Å². The van der Waals surface area contributed by atoms with Crippen LogP contribution in [0.25, 0.3) is 0 Å². The first-order valence-electron chi connectivity index (χ1n) is 4.48. The largest absolute Gasteiger partial charge is 0.478 e. The maximum atomic E-state index is 11.1. The SMILES string of the molecule is C=C/C(=C\C(=C)N(CC)C(C)=O)C(=O)O. The first kappa shape index (κ1) is 13.2. The van der Waals surface area contributed by atoms with E-state index in [-0.39, 0.29) is 11.5 Å². The molecule has 4 heteroatoms. The van der Waals surface area contributed by atoms with Crippen LogP contribution >= 0.6 is 0 Å². The topological polar surface area (TPSA) is 57.6 Å². The third kappa shape index (κ3) is 3.81. The van der Waals surface area contributed by atoms with Crippen molar-refractivity contribution in [3.63, 3.8) is 0 Å². The van der Waals surface area contributed by atoms with E-state index in [1.54, 1.807) is 6.92 Å². The van der Waals surface area contributed by atoms with Gasteiger partial charge in [-0.05, 0) is 13.0 Å². The summed E-state index contributed by atoms with van der Waals surface area (Å²) in [7, 11) is 0. The predicted octanol–water partition coefficient (Wildman–Crippen LogP) is 1.57. The fourth-order valence-corrected chi connectivity index (χ4v) is 1.09. The van der Waals surface area contributed by atoms with Crippen LogP contribution in [0.5, 0.6) is 0 Å². The summed E-state index contributed by atoms with van der Waals surface area (Å²) in [5, 5.41) is 8.73. The average molecular weight is 209 g/mol. The Labute approximate surface area is 89.2 Å². The second-order valence-corrected chi connectivity index (χ2v) is 2.86. The molecule has 0 aliphatic carbocycles. The lowest BCUT2D eigenvalue weighted by Gasteiger charge is -2.19. The van der Waals surface area contributed by atoms with Crippen LogP contribution in [0.1, 0.15) is 13.8 Å². The monoisotopic (exact) mass is 209 g/mol. The lowest BCUT2D eigenvalue weighted by molar-refractivity contribution is -0.132. The summed E-state index contributed by atoms with van der Waals surface area (Å²) in [6, 6.07) is 0. The second-order valence-electron chi connectivity index (χ2n) is 2.86. The molecule has 4 nitrogen and oxygen atoms in total. The van der Waals surface area contributed by atoms with E-state index in [0.29, 0.717) is 12.2 Å². The summed E-state index contributed by atoms with van der Waals surface area (Å²) >= 11 is 0. The van der Waals surface area contributed by atoms with E-state index in [0.717, 1.165) is 0 Å². The number of carboxylic acids is 1. The highest BCUT2D eigenvalue weighted by atomic mass is 16.4. The average Bonchev–Trinajstić information content (AvgIpc) is 2.14. The Balaban J connectivity index is 4.92. The number of carbonyl (C=O) groups excluding carboxylic acids is 1. The van der Waals surface area contributed by atoms with Crippen molar-refractivity contribution in [2.24, 2.45) is 0 Å². The van der Waals surface area contributed by atoms with Crippen molar-refractivity contribution < 1.29 is 14.7 Å². The van der Waals surface area contributed by atoms with Gasteiger partial charge in [-0.3, -0.25) is 4.79 Å². The summed E-state index contributed by atoms with van der Waals surface area (Å²) in [5.41, 5.74) is 0.363. The van der Waals surface area contributed by atoms with E-state index in [1.807, 2.05) is 0 Å². The molecule has 0 aromatic heterocycles. The van der Waals surface area contributed by atoms with E-state index in [1.165, 1.54) is 24.0 Å². The Morgan fingerprint density at radius 1 is 1.47 bits per heavy atom. The molecule has 0 spiro atoms. The van der Waals surface area contributed by atoms with Gasteiger partial charge in [0, 0.05) is 19.2 Å². The smallest absolute Gasteiger partial charge is 0.335 e. The molecule has 0 saturated heterocycles. The quantitative estimate of drug-likeness (QED) is 0.552. The van der Waals surface area contributed by atoms with Gasteiger partial charge in [0.1, 0.15) is 0 Å². The van der Waals surface area contributed by atoms with Crippen LogP contribution in [0.15, 0.2) is 36.6 Å². The molecule has 0 saturated carbocycles. The van der Waals surface area contributed by atoms with Crippen LogP contribution < -0.4 is 0 Å². The lowest BCUT2D eigenvalue weighted by atomic mass is 10.2. The Hall–Kier alpha value is -1.84. The van der Waals surface area contributed by atoms with Crippen LogP contribution in [0, 0.1) is 0 Å². The van der Waals surface area contributed by atoms with E-state index in [2.05, 4.69) is 13.2 Å². The number of hydrogen-bond acceptors (Lipinski definition) is 2. The normalized spacial score (nSPS) is 10.7. The summed E-state index contributed by atoms with van der Waals surface area (Å²) in [5.74, 6) is -1.27. The zero-order valence-corrected chi connectivity index (χ0v) is 8.99. The first-order valence-corrected chi connectivity index (χ1v) is 4.48. The van der Waals surface area contributed by atoms with Crippen molar-refractivity contribution in [3.05, 3.63) is 36.6 Å². The molecule has 0 unspecified atom stereocenters. The fourth-order valence-electron chi connectivity index (χ4n) is 1.09. The minimum atomic E-state index is -1.09.